The van der Waals surface area contributed by atoms with Crippen LogP contribution in [0, 0.1) is 11.3 Å². The van der Waals surface area contributed by atoms with Gasteiger partial charge < -0.3 is 10.2 Å². The number of amides is 1. The first-order valence-corrected chi connectivity index (χ1v) is 8.33. The fourth-order valence-corrected chi connectivity index (χ4v) is 3.71. The van der Waals surface area contributed by atoms with Crippen molar-refractivity contribution in [1.29, 1.82) is 0 Å². The Morgan fingerprint density at radius 1 is 1.15 bits per heavy atom. The molecule has 0 spiro atoms. The second-order valence-corrected chi connectivity index (χ2v) is 7.94. The first-order chi connectivity index (χ1) is 9.30. The van der Waals surface area contributed by atoms with Crippen LogP contribution < -0.4 is 5.32 Å². The molecule has 2 fully saturated rings. The number of nitrogens with one attached hydrogen (secondary N) is 1. The fraction of sp³-hybridized carbons (Fsp3) is 0.941. The largest absolute Gasteiger partial charge is 0.341 e. The summed E-state index contributed by atoms with van der Waals surface area (Å²) in [6, 6.07) is 0.898. The van der Waals surface area contributed by atoms with Crippen LogP contribution in [0.5, 0.6) is 0 Å². The molecule has 2 aliphatic rings. The summed E-state index contributed by atoms with van der Waals surface area (Å²) in [5, 5.41) is 3.65. The average molecular weight is 280 g/mol. The lowest BCUT2D eigenvalue weighted by Gasteiger charge is -2.43. The predicted molar refractivity (Wildman–Crippen MR) is 83.6 cm³/mol. The van der Waals surface area contributed by atoms with Crippen molar-refractivity contribution in [2.45, 2.75) is 84.3 Å². The topological polar surface area (TPSA) is 32.3 Å². The molecule has 0 aromatic heterocycles. The first kappa shape index (κ1) is 15.8. The third-order valence-electron chi connectivity index (χ3n) is 5.63. The van der Waals surface area contributed by atoms with Crippen molar-refractivity contribution >= 4 is 5.91 Å². The molecule has 1 saturated carbocycles. The molecule has 20 heavy (non-hydrogen) atoms. The monoisotopic (exact) mass is 280 g/mol. The quantitative estimate of drug-likeness (QED) is 0.842. The Labute approximate surface area is 124 Å². The maximum absolute atomic E-state index is 12.7. The smallest absolute Gasteiger partial charge is 0.239 e. The Balaban J connectivity index is 1.96. The molecule has 1 N–H and O–H groups in total. The average Bonchev–Trinajstić information content (AvgIpc) is 2.43. The third-order valence-corrected chi connectivity index (χ3v) is 5.63. The van der Waals surface area contributed by atoms with Crippen LogP contribution in [0.25, 0.3) is 0 Å². The Hall–Kier alpha value is -0.570. The van der Waals surface area contributed by atoms with Crippen LogP contribution in [0.4, 0.5) is 0 Å². The van der Waals surface area contributed by atoms with E-state index in [1.54, 1.807) is 0 Å². The van der Waals surface area contributed by atoms with E-state index in [0.717, 1.165) is 12.3 Å². The first-order valence-electron chi connectivity index (χ1n) is 8.33. The third kappa shape index (κ3) is 3.36. The number of carbonyl (C=O) groups is 1. The zero-order chi connectivity index (χ0) is 14.9. The van der Waals surface area contributed by atoms with Gasteiger partial charge in [0, 0.05) is 19.1 Å². The molecule has 3 nitrogen and oxygen atoms in total. The van der Waals surface area contributed by atoms with Crippen LogP contribution in [0.15, 0.2) is 0 Å². The molecule has 0 aromatic rings. The van der Waals surface area contributed by atoms with Crippen LogP contribution >= 0.6 is 0 Å². The number of rotatable bonds is 2. The lowest BCUT2D eigenvalue weighted by atomic mass is 9.77. The van der Waals surface area contributed by atoms with Crippen molar-refractivity contribution in [3.05, 3.63) is 0 Å². The van der Waals surface area contributed by atoms with Crippen molar-refractivity contribution in [1.82, 2.24) is 10.2 Å². The normalized spacial score (nSPS) is 32.4. The van der Waals surface area contributed by atoms with Gasteiger partial charge in [0.2, 0.25) is 5.91 Å². The standard InChI is InChI=1S/C17H32N2O/c1-12(17(2,3)4)19(5)16(20)15-11-10-13-8-6-7-9-14(13)18-15/h12-15,18H,6-11H2,1-5H3. The minimum absolute atomic E-state index is 0.0455. The van der Waals surface area contributed by atoms with Crippen molar-refractivity contribution in [2.75, 3.05) is 7.05 Å². The second-order valence-electron chi connectivity index (χ2n) is 7.94. The van der Waals surface area contributed by atoms with Crippen LogP contribution in [-0.4, -0.2) is 36.0 Å². The molecule has 1 amide bonds. The van der Waals surface area contributed by atoms with E-state index in [4.69, 9.17) is 0 Å². The molecule has 4 atom stereocenters. The van der Waals surface area contributed by atoms with E-state index in [-0.39, 0.29) is 23.4 Å². The van der Waals surface area contributed by atoms with E-state index in [1.807, 2.05) is 11.9 Å². The SMILES string of the molecule is CC(N(C)C(=O)C1CCC2CCCCC2N1)C(C)(C)C. The highest BCUT2D eigenvalue weighted by Gasteiger charge is 2.37. The number of fused-ring (bicyclic) bond motifs is 1. The summed E-state index contributed by atoms with van der Waals surface area (Å²) in [7, 11) is 1.97. The van der Waals surface area contributed by atoms with Crippen LogP contribution in [-0.2, 0) is 4.79 Å². The van der Waals surface area contributed by atoms with Gasteiger partial charge in [-0.15, -0.1) is 0 Å². The molecule has 1 aliphatic heterocycles. The number of piperidine rings is 1. The zero-order valence-corrected chi connectivity index (χ0v) is 13.9. The summed E-state index contributed by atoms with van der Waals surface area (Å²) >= 11 is 0. The van der Waals surface area contributed by atoms with Gasteiger partial charge in [-0.05, 0) is 43.9 Å². The lowest BCUT2D eigenvalue weighted by Crippen LogP contribution is -2.57. The molecule has 1 heterocycles. The van der Waals surface area contributed by atoms with E-state index in [0.29, 0.717) is 6.04 Å². The van der Waals surface area contributed by atoms with Gasteiger partial charge in [-0.25, -0.2) is 0 Å². The van der Waals surface area contributed by atoms with Crippen molar-refractivity contribution in [3.8, 4) is 0 Å². The maximum Gasteiger partial charge on any atom is 0.239 e. The molecular weight excluding hydrogens is 248 g/mol. The van der Waals surface area contributed by atoms with E-state index in [2.05, 4.69) is 33.0 Å². The highest BCUT2D eigenvalue weighted by atomic mass is 16.2. The Morgan fingerprint density at radius 2 is 1.80 bits per heavy atom. The number of hydrogen-bond acceptors (Lipinski definition) is 2. The summed E-state index contributed by atoms with van der Waals surface area (Å²) in [5.74, 6) is 1.11. The summed E-state index contributed by atoms with van der Waals surface area (Å²) in [6.07, 6.45) is 7.55. The van der Waals surface area contributed by atoms with Crippen LogP contribution in [0.3, 0.4) is 0 Å². The summed E-state index contributed by atoms with van der Waals surface area (Å²) < 4.78 is 0. The lowest BCUT2D eigenvalue weighted by molar-refractivity contribution is -0.137. The second kappa shape index (κ2) is 6.05. The van der Waals surface area contributed by atoms with Crippen molar-refractivity contribution in [2.24, 2.45) is 11.3 Å². The van der Waals surface area contributed by atoms with Crippen molar-refractivity contribution in [3.63, 3.8) is 0 Å². The van der Waals surface area contributed by atoms with Crippen LogP contribution in [0.1, 0.15) is 66.2 Å². The van der Waals surface area contributed by atoms with E-state index < -0.39 is 0 Å². The van der Waals surface area contributed by atoms with Gasteiger partial charge in [0.15, 0.2) is 0 Å². The molecule has 0 radical (unpaired) electrons. The van der Waals surface area contributed by atoms with Crippen molar-refractivity contribution < 1.29 is 4.79 Å². The minimum Gasteiger partial charge on any atom is -0.341 e. The number of hydrogen-bond donors (Lipinski definition) is 1. The van der Waals surface area contributed by atoms with E-state index in [1.165, 1.54) is 32.1 Å². The Morgan fingerprint density at radius 3 is 2.45 bits per heavy atom. The highest BCUT2D eigenvalue weighted by Crippen LogP contribution is 2.33. The number of nitrogens with zero attached hydrogens (tertiary/aromatic N) is 1. The number of carbonyl (C=O) groups excluding carboxylic acids is 1. The number of likely N-dealkylation sites (N-methyl/N-ethyl adjacent to an activating group) is 1. The van der Waals surface area contributed by atoms with Crippen LogP contribution in [0.2, 0.25) is 0 Å². The molecule has 0 bridgehead atoms. The van der Waals surface area contributed by atoms with Gasteiger partial charge in [0.1, 0.15) is 0 Å². The fourth-order valence-electron chi connectivity index (χ4n) is 3.71. The molecule has 0 aromatic carbocycles. The molecule has 1 saturated heterocycles. The molecule has 116 valence electrons. The van der Waals surface area contributed by atoms with E-state index >= 15 is 0 Å². The van der Waals surface area contributed by atoms with Gasteiger partial charge in [0.25, 0.3) is 0 Å². The molecule has 4 unspecified atom stereocenters. The molecular formula is C17H32N2O. The summed E-state index contributed by atoms with van der Waals surface area (Å²) in [6.45, 7) is 8.76. The minimum atomic E-state index is 0.0455. The molecule has 2 rings (SSSR count). The van der Waals surface area contributed by atoms with Gasteiger partial charge >= 0.3 is 0 Å². The van der Waals surface area contributed by atoms with Gasteiger partial charge in [-0.2, -0.15) is 0 Å². The zero-order valence-electron chi connectivity index (χ0n) is 13.9. The van der Waals surface area contributed by atoms with Gasteiger partial charge in [-0.1, -0.05) is 33.6 Å². The van der Waals surface area contributed by atoms with E-state index in [9.17, 15) is 4.79 Å². The Kier molecular flexibility index (Phi) is 4.78. The maximum atomic E-state index is 12.7. The van der Waals surface area contributed by atoms with Gasteiger partial charge in [-0.3, -0.25) is 4.79 Å². The molecule has 3 heteroatoms. The summed E-state index contributed by atoms with van der Waals surface area (Å²) in [4.78, 5) is 14.7. The molecule has 1 aliphatic carbocycles. The van der Waals surface area contributed by atoms with Gasteiger partial charge in [0.05, 0.1) is 6.04 Å². The predicted octanol–water partition coefficient (Wildman–Crippen LogP) is 3.19. The summed E-state index contributed by atoms with van der Waals surface area (Å²) in [5.41, 5.74) is 0.131. The highest BCUT2D eigenvalue weighted by molar-refractivity contribution is 5.82. The Bertz CT molecular complexity index is 347.